The third-order valence-electron chi connectivity index (χ3n) is 4.93. The van der Waals surface area contributed by atoms with Crippen molar-refractivity contribution >= 4 is 17.6 Å². The molecule has 28 heavy (non-hydrogen) atoms. The summed E-state index contributed by atoms with van der Waals surface area (Å²) in [4.78, 5) is 27.1. The van der Waals surface area contributed by atoms with E-state index in [4.69, 9.17) is 5.26 Å². The molecule has 2 heterocycles. The Balaban J connectivity index is 1.83. The van der Waals surface area contributed by atoms with Crippen LogP contribution in [-0.2, 0) is 11.5 Å². The molecule has 0 spiro atoms. The Bertz CT molecular complexity index is 1020. The molecule has 140 valence electrons. The van der Waals surface area contributed by atoms with Gasteiger partial charge in [-0.2, -0.15) is 5.26 Å². The summed E-state index contributed by atoms with van der Waals surface area (Å²) in [5.41, 5.74) is 3.26. The van der Waals surface area contributed by atoms with Crippen LogP contribution in [0, 0.1) is 11.3 Å². The Kier molecular flexibility index (Phi) is 4.53. The summed E-state index contributed by atoms with van der Waals surface area (Å²) in [5, 5.41) is 14.7. The number of urea groups is 1. The molecule has 0 saturated heterocycles. The molecule has 7 heteroatoms. The number of carbonyl (C=O) groups excluding carboxylic acids is 2. The van der Waals surface area contributed by atoms with Gasteiger partial charge < -0.3 is 10.6 Å². The van der Waals surface area contributed by atoms with Crippen LogP contribution in [0.2, 0.25) is 0 Å². The number of hydrogen-bond acceptors (Lipinski definition) is 3. The summed E-state index contributed by atoms with van der Waals surface area (Å²) in [6.45, 7) is -0.214. The molecule has 0 bridgehead atoms. The van der Waals surface area contributed by atoms with Crippen LogP contribution in [0.5, 0.6) is 0 Å². The Morgan fingerprint density at radius 1 is 1.18 bits per heavy atom. The van der Waals surface area contributed by atoms with E-state index >= 15 is 0 Å². The number of nitrogens with zero attached hydrogens (tertiary/aromatic N) is 2. The van der Waals surface area contributed by atoms with E-state index in [1.54, 1.807) is 48.5 Å². The first-order chi connectivity index (χ1) is 13.6. The SMILES string of the molecule is N#Cc1ccc([C@@H]2NC(=O)N(c3cccc(CF)c3)C3=C2C(=O)NCC3)cc1. The van der Waals surface area contributed by atoms with Crippen molar-refractivity contribution in [2.24, 2.45) is 0 Å². The van der Waals surface area contributed by atoms with Crippen LogP contribution in [0.1, 0.15) is 29.2 Å². The lowest BCUT2D eigenvalue weighted by molar-refractivity contribution is -0.118. The van der Waals surface area contributed by atoms with Crippen LogP contribution in [-0.4, -0.2) is 18.5 Å². The quantitative estimate of drug-likeness (QED) is 0.863. The number of nitriles is 1. The highest BCUT2D eigenvalue weighted by Crippen LogP contribution is 2.36. The molecule has 0 aromatic heterocycles. The van der Waals surface area contributed by atoms with Crippen LogP contribution in [0.25, 0.3) is 0 Å². The molecular weight excluding hydrogens is 359 g/mol. The van der Waals surface area contributed by atoms with Gasteiger partial charge in [0, 0.05) is 18.7 Å². The molecule has 1 atom stereocenters. The van der Waals surface area contributed by atoms with Gasteiger partial charge in [0.15, 0.2) is 0 Å². The second kappa shape index (κ2) is 7.16. The fourth-order valence-electron chi connectivity index (χ4n) is 3.62. The van der Waals surface area contributed by atoms with Gasteiger partial charge in [-0.25, -0.2) is 9.18 Å². The van der Waals surface area contributed by atoms with E-state index in [9.17, 15) is 14.0 Å². The standard InChI is InChI=1S/C21H17FN4O2/c22-11-14-2-1-3-16(10-14)26-17-8-9-24-20(27)18(17)19(25-21(26)28)15-6-4-13(12-23)5-7-15/h1-7,10,19H,8-9,11H2,(H,24,27)(H,25,28)/t19-/m0/s1. The maximum absolute atomic E-state index is 13.1. The average molecular weight is 376 g/mol. The van der Waals surface area contributed by atoms with Crippen molar-refractivity contribution in [3.63, 3.8) is 0 Å². The predicted octanol–water partition coefficient (Wildman–Crippen LogP) is 3.07. The Morgan fingerprint density at radius 2 is 1.96 bits per heavy atom. The van der Waals surface area contributed by atoms with E-state index in [1.807, 2.05) is 0 Å². The minimum absolute atomic E-state index is 0.248. The number of nitrogens with one attached hydrogen (secondary N) is 2. The van der Waals surface area contributed by atoms with Gasteiger partial charge >= 0.3 is 6.03 Å². The zero-order valence-corrected chi connectivity index (χ0v) is 14.9. The molecule has 6 nitrogen and oxygen atoms in total. The van der Waals surface area contributed by atoms with Crippen LogP contribution in [0.15, 0.2) is 59.8 Å². The number of alkyl halides is 1. The number of hydrogen-bond donors (Lipinski definition) is 2. The number of amides is 3. The van der Waals surface area contributed by atoms with Crippen molar-refractivity contribution in [3.05, 3.63) is 76.5 Å². The highest BCUT2D eigenvalue weighted by molar-refractivity contribution is 6.05. The zero-order valence-electron chi connectivity index (χ0n) is 14.9. The number of anilines is 1. The summed E-state index contributed by atoms with van der Waals surface area (Å²) in [6, 6.07) is 14.5. The minimum Gasteiger partial charge on any atom is -0.352 e. The Labute approximate surface area is 161 Å². The molecule has 2 aliphatic heterocycles. The topological polar surface area (TPSA) is 85.2 Å². The van der Waals surface area contributed by atoms with Gasteiger partial charge in [0.2, 0.25) is 0 Å². The zero-order chi connectivity index (χ0) is 19.7. The van der Waals surface area contributed by atoms with E-state index in [0.29, 0.717) is 46.6 Å². The first-order valence-electron chi connectivity index (χ1n) is 8.89. The molecule has 0 fully saturated rings. The number of benzene rings is 2. The normalized spacial score (nSPS) is 18.9. The van der Waals surface area contributed by atoms with Crippen LogP contribution < -0.4 is 15.5 Å². The van der Waals surface area contributed by atoms with E-state index < -0.39 is 12.7 Å². The summed E-state index contributed by atoms with van der Waals surface area (Å²) < 4.78 is 13.1. The highest BCUT2D eigenvalue weighted by Gasteiger charge is 2.39. The van der Waals surface area contributed by atoms with E-state index in [2.05, 4.69) is 16.7 Å². The second-order valence-electron chi connectivity index (χ2n) is 6.62. The molecule has 2 aromatic rings. The van der Waals surface area contributed by atoms with Crippen molar-refractivity contribution < 1.29 is 14.0 Å². The average Bonchev–Trinajstić information content (AvgIpc) is 2.73. The third kappa shape index (κ3) is 2.99. The molecule has 3 amide bonds. The lowest BCUT2D eigenvalue weighted by atomic mass is 9.90. The number of carbonyl (C=O) groups is 2. The lowest BCUT2D eigenvalue weighted by Crippen LogP contribution is -2.52. The van der Waals surface area contributed by atoms with Gasteiger partial charge in [-0.1, -0.05) is 24.3 Å². The van der Waals surface area contributed by atoms with Crippen molar-refractivity contribution in [2.45, 2.75) is 19.1 Å². The first-order valence-corrected chi connectivity index (χ1v) is 8.89. The fourth-order valence-corrected chi connectivity index (χ4v) is 3.62. The van der Waals surface area contributed by atoms with Gasteiger partial charge in [-0.05, 0) is 35.4 Å². The number of halogens is 1. The summed E-state index contributed by atoms with van der Waals surface area (Å²) in [5.74, 6) is -0.248. The van der Waals surface area contributed by atoms with Crippen molar-refractivity contribution in [1.29, 1.82) is 5.26 Å². The third-order valence-corrected chi connectivity index (χ3v) is 4.93. The van der Waals surface area contributed by atoms with Gasteiger partial charge in [0.25, 0.3) is 5.91 Å². The number of rotatable bonds is 3. The Morgan fingerprint density at radius 3 is 2.68 bits per heavy atom. The summed E-state index contributed by atoms with van der Waals surface area (Å²) in [7, 11) is 0. The van der Waals surface area contributed by atoms with Crippen LogP contribution >= 0.6 is 0 Å². The van der Waals surface area contributed by atoms with Gasteiger partial charge in [0.05, 0.1) is 28.9 Å². The highest BCUT2D eigenvalue weighted by atomic mass is 19.1. The smallest absolute Gasteiger partial charge is 0.327 e. The molecule has 0 saturated carbocycles. The van der Waals surface area contributed by atoms with Gasteiger partial charge in [0.1, 0.15) is 6.67 Å². The van der Waals surface area contributed by atoms with E-state index in [-0.39, 0.29) is 11.9 Å². The largest absolute Gasteiger partial charge is 0.352 e. The molecule has 0 radical (unpaired) electrons. The summed E-state index contributed by atoms with van der Waals surface area (Å²) >= 11 is 0. The minimum atomic E-state index is -0.635. The molecule has 2 aromatic carbocycles. The van der Waals surface area contributed by atoms with Crippen molar-refractivity contribution in [3.8, 4) is 6.07 Å². The molecule has 2 aliphatic rings. The predicted molar refractivity (Wildman–Crippen MR) is 101 cm³/mol. The monoisotopic (exact) mass is 376 g/mol. The molecular formula is C21H17FN4O2. The summed E-state index contributed by atoms with van der Waals surface area (Å²) in [6.07, 6.45) is 0.487. The van der Waals surface area contributed by atoms with Gasteiger partial charge in [-0.15, -0.1) is 0 Å². The van der Waals surface area contributed by atoms with Crippen LogP contribution in [0.3, 0.4) is 0 Å². The van der Waals surface area contributed by atoms with Gasteiger partial charge in [-0.3, -0.25) is 9.69 Å². The molecule has 0 unspecified atom stereocenters. The molecule has 4 rings (SSSR count). The molecule has 0 aliphatic carbocycles. The van der Waals surface area contributed by atoms with E-state index in [0.717, 1.165) is 0 Å². The lowest BCUT2D eigenvalue weighted by Gasteiger charge is -2.39. The maximum Gasteiger partial charge on any atom is 0.327 e. The van der Waals surface area contributed by atoms with Crippen LogP contribution in [0.4, 0.5) is 14.9 Å². The molecule has 2 N–H and O–H groups in total. The van der Waals surface area contributed by atoms with E-state index in [1.165, 1.54) is 4.90 Å². The van der Waals surface area contributed by atoms with Crippen molar-refractivity contribution in [1.82, 2.24) is 10.6 Å². The Hall–Kier alpha value is -3.66. The fraction of sp³-hybridized carbons (Fsp3) is 0.190. The maximum atomic E-state index is 13.1. The second-order valence-corrected chi connectivity index (χ2v) is 6.62. The first kappa shape index (κ1) is 17.7. The van der Waals surface area contributed by atoms with Crippen molar-refractivity contribution in [2.75, 3.05) is 11.4 Å².